The zero-order chi connectivity index (χ0) is 23.1. The number of amides is 3. The average molecular weight is 440 g/mol. The number of benzene rings is 2. The van der Waals surface area contributed by atoms with Crippen molar-refractivity contribution in [2.24, 2.45) is 5.92 Å². The molecule has 3 rings (SSSR count). The summed E-state index contributed by atoms with van der Waals surface area (Å²) in [5.74, 6) is -0.980. The van der Waals surface area contributed by atoms with Gasteiger partial charge in [0.1, 0.15) is 11.9 Å². The minimum absolute atomic E-state index is 0.0759. The summed E-state index contributed by atoms with van der Waals surface area (Å²) in [6.45, 7) is 5.92. The fourth-order valence-electron chi connectivity index (χ4n) is 4.14. The first-order valence-electron chi connectivity index (χ1n) is 11.1. The standard InChI is InChI=1S/C25H30FN3O3/c1-3-28(4-2)25(32)22(27-23(30)19-8-6-5-7-9-19)18-14-16-29(17-15-18)24(31)20-10-12-21(26)13-11-20/h5-13,18,22H,3-4,14-17H2,1-2H3,(H,27,30). The molecule has 2 aromatic rings. The SMILES string of the molecule is CCN(CC)C(=O)C(NC(=O)c1ccccc1)C1CCN(C(=O)c2ccc(F)cc2)CC1. The van der Waals surface area contributed by atoms with Crippen LogP contribution in [0, 0.1) is 11.7 Å². The molecular formula is C25H30FN3O3. The Morgan fingerprint density at radius 3 is 2.12 bits per heavy atom. The van der Waals surface area contributed by atoms with E-state index in [0.29, 0.717) is 50.1 Å². The molecule has 0 saturated carbocycles. The van der Waals surface area contributed by atoms with Crippen molar-refractivity contribution in [1.82, 2.24) is 15.1 Å². The van der Waals surface area contributed by atoms with Gasteiger partial charge >= 0.3 is 0 Å². The van der Waals surface area contributed by atoms with Gasteiger partial charge in [-0.15, -0.1) is 0 Å². The molecule has 1 aliphatic heterocycles. The summed E-state index contributed by atoms with van der Waals surface area (Å²) in [5, 5.41) is 2.96. The molecule has 0 spiro atoms. The molecule has 1 atom stereocenters. The fraction of sp³-hybridized carbons (Fsp3) is 0.400. The highest BCUT2D eigenvalue weighted by Gasteiger charge is 2.35. The normalized spacial score (nSPS) is 15.2. The summed E-state index contributed by atoms with van der Waals surface area (Å²) in [6, 6.07) is 13.7. The number of piperidine rings is 1. The van der Waals surface area contributed by atoms with Gasteiger partial charge in [0.2, 0.25) is 5.91 Å². The van der Waals surface area contributed by atoms with Crippen molar-refractivity contribution in [3.05, 3.63) is 71.5 Å². The number of carbonyl (C=O) groups is 3. The number of hydrogen-bond donors (Lipinski definition) is 1. The van der Waals surface area contributed by atoms with Crippen molar-refractivity contribution in [3.8, 4) is 0 Å². The van der Waals surface area contributed by atoms with E-state index >= 15 is 0 Å². The van der Waals surface area contributed by atoms with E-state index in [4.69, 9.17) is 0 Å². The first-order valence-corrected chi connectivity index (χ1v) is 11.1. The first kappa shape index (κ1) is 23.4. The Bertz CT molecular complexity index is 921. The summed E-state index contributed by atoms with van der Waals surface area (Å²) in [4.78, 5) is 42.2. The number of nitrogens with zero attached hydrogens (tertiary/aromatic N) is 2. The molecule has 1 heterocycles. The van der Waals surface area contributed by atoms with Crippen LogP contribution in [0.1, 0.15) is 47.4 Å². The lowest BCUT2D eigenvalue weighted by atomic mass is 9.87. The van der Waals surface area contributed by atoms with Gasteiger partial charge in [-0.3, -0.25) is 14.4 Å². The summed E-state index contributed by atoms with van der Waals surface area (Å²) in [6.07, 6.45) is 1.19. The number of rotatable bonds is 7. The van der Waals surface area contributed by atoms with E-state index in [1.54, 1.807) is 34.1 Å². The Hall–Kier alpha value is -3.22. The number of hydrogen-bond acceptors (Lipinski definition) is 3. The zero-order valence-corrected chi connectivity index (χ0v) is 18.6. The third-order valence-corrected chi connectivity index (χ3v) is 6.05. The van der Waals surface area contributed by atoms with Gasteiger partial charge in [0, 0.05) is 37.3 Å². The second-order valence-electron chi connectivity index (χ2n) is 7.96. The number of likely N-dealkylation sites (N-methyl/N-ethyl adjacent to an activating group) is 1. The third kappa shape index (κ3) is 5.52. The Balaban J connectivity index is 1.71. The molecule has 2 aromatic carbocycles. The van der Waals surface area contributed by atoms with E-state index in [2.05, 4.69) is 5.32 Å². The van der Waals surface area contributed by atoms with E-state index < -0.39 is 6.04 Å². The number of nitrogens with one attached hydrogen (secondary N) is 1. The van der Waals surface area contributed by atoms with Crippen molar-refractivity contribution in [3.63, 3.8) is 0 Å². The van der Waals surface area contributed by atoms with E-state index in [9.17, 15) is 18.8 Å². The van der Waals surface area contributed by atoms with Crippen molar-refractivity contribution in [2.45, 2.75) is 32.7 Å². The van der Waals surface area contributed by atoms with Crippen LogP contribution in [-0.2, 0) is 4.79 Å². The van der Waals surface area contributed by atoms with Crippen molar-refractivity contribution in [1.29, 1.82) is 0 Å². The molecule has 170 valence electrons. The lowest BCUT2D eigenvalue weighted by molar-refractivity contribution is -0.134. The van der Waals surface area contributed by atoms with Gasteiger partial charge in [0.15, 0.2) is 0 Å². The highest BCUT2D eigenvalue weighted by atomic mass is 19.1. The molecule has 0 aromatic heterocycles. The van der Waals surface area contributed by atoms with Gasteiger partial charge in [-0.25, -0.2) is 4.39 Å². The topological polar surface area (TPSA) is 69.7 Å². The Labute approximate surface area is 188 Å². The monoisotopic (exact) mass is 439 g/mol. The van der Waals surface area contributed by atoms with Gasteiger partial charge < -0.3 is 15.1 Å². The lowest BCUT2D eigenvalue weighted by Crippen LogP contribution is -2.54. The molecule has 0 radical (unpaired) electrons. The molecule has 1 unspecified atom stereocenters. The first-order chi connectivity index (χ1) is 15.4. The number of carbonyl (C=O) groups excluding carboxylic acids is 3. The van der Waals surface area contributed by atoms with E-state index in [-0.39, 0.29) is 29.5 Å². The molecule has 1 fully saturated rings. The van der Waals surface area contributed by atoms with Crippen LogP contribution in [0.25, 0.3) is 0 Å². The maximum atomic E-state index is 13.2. The summed E-state index contributed by atoms with van der Waals surface area (Å²) in [5.41, 5.74) is 0.951. The van der Waals surface area contributed by atoms with Gasteiger partial charge in [-0.2, -0.15) is 0 Å². The molecule has 32 heavy (non-hydrogen) atoms. The number of likely N-dealkylation sites (tertiary alicyclic amines) is 1. The molecule has 1 aliphatic rings. The lowest BCUT2D eigenvalue weighted by Gasteiger charge is -2.37. The third-order valence-electron chi connectivity index (χ3n) is 6.05. The zero-order valence-electron chi connectivity index (χ0n) is 18.6. The second-order valence-corrected chi connectivity index (χ2v) is 7.96. The molecule has 1 saturated heterocycles. The summed E-state index contributed by atoms with van der Waals surface area (Å²) in [7, 11) is 0. The maximum Gasteiger partial charge on any atom is 0.253 e. The molecule has 0 aliphatic carbocycles. The molecular weight excluding hydrogens is 409 g/mol. The quantitative estimate of drug-likeness (QED) is 0.719. The van der Waals surface area contributed by atoms with Gasteiger partial charge in [-0.1, -0.05) is 18.2 Å². The van der Waals surface area contributed by atoms with E-state index in [1.165, 1.54) is 24.3 Å². The minimum Gasteiger partial charge on any atom is -0.341 e. The van der Waals surface area contributed by atoms with Crippen LogP contribution in [0.15, 0.2) is 54.6 Å². The summed E-state index contributed by atoms with van der Waals surface area (Å²) < 4.78 is 13.2. The minimum atomic E-state index is -0.648. The average Bonchev–Trinajstić information content (AvgIpc) is 2.84. The smallest absolute Gasteiger partial charge is 0.253 e. The Morgan fingerprint density at radius 2 is 1.56 bits per heavy atom. The predicted molar refractivity (Wildman–Crippen MR) is 121 cm³/mol. The van der Waals surface area contributed by atoms with Crippen LogP contribution < -0.4 is 5.32 Å². The molecule has 6 nitrogen and oxygen atoms in total. The van der Waals surface area contributed by atoms with Gasteiger partial charge in [0.25, 0.3) is 11.8 Å². The van der Waals surface area contributed by atoms with Crippen LogP contribution in [0.3, 0.4) is 0 Å². The molecule has 7 heteroatoms. The fourth-order valence-corrected chi connectivity index (χ4v) is 4.14. The Morgan fingerprint density at radius 1 is 0.969 bits per heavy atom. The van der Waals surface area contributed by atoms with Gasteiger partial charge in [-0.05, 0) is 69.0 Å². The van der Waals surface area contributed by atoms with E-state index in [1.807, 2.05) is 19.9 Å². The van der Waals surface area contributed by atoms with Gasteiger partial charge in [0.05, 0.1) is 0 Å². The van der Waals surface area contributed by atoms with Crippen LogP contribution in [0.4, 0.5) is 4.39 Å². The van der Waals surface area contributed by atoms with Crippen molar-refractivity contribution in [2.75, 3.05) is 26.2 Å². The second kappa shape index (κ2) is 10.9. The summed E-state index contributed by atoms with van der Waals surface area (Å²) >= 11 is 0. The molecule has 3 amide bonds. The maximum absolute atomic E-state index is 13.2. The number of halogens is 1. The Kier molecular flexibility index (Phi) is 7.98. The van der Waals surface area contributed by atoms with Crippen LogP contribution in [0.5, 0.6) is 0 Å². The molecule has 1 N–H and O–H groups in total. The van der Waals surface area contributed by atoms with Crippen molar-refractivity contribution < 1.29 is 18.8 Å². The largest absolute Gasteiger partial charge is 0.341 e. The highest BCUT2D eigenvalue weighted by Crippen LogP contribution is 2.24. The van der Waals surface area contributed by atoms with Crippen LogP contribution in [-0.4, -0.2) is 59.7 Å². The van der Waals surface area contributed by atoms with E-state index in [0.717, 1.165) is 0 Å². The van der Waals surface area contributed by atoms with Crippen LogP contribution >= 0.6 is 0 Å². The predicted octanol–water partition coefficient (Wildman–Crippen LogP) is 3.34. The van der Waals surface area contributed by atoms with Crippen molar-refractivity contribution >= 4 is 17.7 Å². The molecule has 0 bridgehead atoms. The van der Waals surface area contributed by atoms with Crippen LogP contribution in [0.2, 0.25) is 0 Å². The highest BCUT2D eigenvalue weighted by molar-refractivity contribution is 5.97.